The highest BCUT2D eigenvalue weighted by atomic mass is 32.1. The number of carbonyl (C=O) groups excluding carboxylic acids is 1. The molecule has 0 spiro atoms. The van der Waals surface area contributed by atoms with Crippen LogP contribution in [0.25, 0.3) is 0 Å². The maximum absolute atomic E-state index is 12.5. The lowest BCUT2D eigenvalue weighted by Crippen LogP contribution is -2.13. The summed E-state index contributed by atoms with van der Waals surface area (Å²) in [5, 5.41) is 8.47. The van der Waals surface area contributed by atoms with Gasteiger partial charge in [0.25, 0.3) is 5.91 Å². The second-order valence-electron chi connectivity index (χ2n) is 6.00. The van der Waals surface area contributed by atoms with Gasteiger partial charge in [-0.25, -0.2) is 4.98 Å². The van der Waals surface area contributed by atoms with Crippen LogP contribution in [0.15, 0.2) is 41.8 Å². The first kappa shape index (κ1) is 16.4. The fourth-order valence-corrected chi connectivity index (χ4v) is 3.30. The number of aromatic nitrogens is 1. The van der Waals surface area contributed by atoms with Crippen LogP contribution in [0.4, 0.5) is 16.5 Å². The van der Waals surface area contributed by atoms with E-state index in [0.29, 0.717) is 16.6 Å². The SMILES string of the molecule is Cc1ccc(C)c(NC(=O)c2csc(Nc3ccc4c(c3)OCO4)n2)c1. The van der Waals surface area contributed by atoms with Gasteiger partial charge in [-0.05, 0) is 43.2 Å². The molecule has 0 unspecified atom stereocenters. The molecule has 0 saturated carbocycles. The number of hydrogen-bond donors (Lipinski definition) is 2. The van der Waals surface area contributed by atoms with Gasteiger partial charge >= 0.3 is 0 Å². The molecular weight excluding hydrogens is 350 g/mol. The van der Waals surface area contributed by atoms with Gasteiger partial charge in [-0.3, -0.25) is 4.79 Å². The summed E-state index contributed by atoms with van der Waals surface area (Å²) in [5.41, 5.74) is 4.10. The molecule has 2 aromatic carbocycles. The summed E-state index contributed by atoms with van der Waals surface area (Å²) in [6.45, 7) is 4.19. The van der Waals surface area contributed by atoms with Crippen LogP contribution >= 0.6 is 11.3 Å². The van der Waals surface area contributed by atoms with Crippen molar-refractivity contribution in [3.8, 4) is 11.5 Å². The van der Waals surface area contributed by atoms with E-state index in [-0.39, 0.29) is 12.7 Å². The van der Waals surface area contributed by atoms with Gasteiger partial charge in [-0.1, -0.05) is 12.1 Å². The van der Waals surface area contributed by atoms with Gasteiger partial charge in [0.2, 0.25) is 6.79 Å². The summed E-state index contributed by atoms with van der Waals surface area (Å²) in [6.07, 6.45) is 0. The first-order chi connectivity index (χ1) is 12.6. The third kappa shape index (κ3) is 3.34. The molecule has 7 heteroatoms. The summed E-state index contributed by atoms with van der Waals surface area (Å²) in [4.78, 5) is 16.8. The van der Waals surface area contributed by atoms with E-state index in [2.05, 4.69) is 15.6 Å². The fraction of sp³-hybridized carbons (Fsp3) is 0.158. The first-order valence-corrected chi connectivity index (χ1v) is 8.97. The Morgan fingerprint density at radius 3 is 2.85 bits per heavy atom. The minimum absolute atomic E-state index is 0.228. The molecule has 0 atom stereocenters. The Balaban J connectivity index is 1.47. The molecule has 0 radical (unpaired) electrons. The molecule has 4 rings (SSSR count). The lowest BCUT2D eigenvalue weighted by Gasteiger charge is -2.08. The van der Waals surface area contributed by atoms with Gasteiger partial charge in [-0.2, -0.15) is 0 Å². The lowest BCUT2D eigenvalue weighted by atomic mass is 10.1. The van der Waals surface area contributed by atoms with Crippen LogP contribution in [0.1, 0.15) is 21.6 Å². The second kappa shape index (κ2) is 6.68. The number of benzene rings is 2. The zero-order valence-corrected chi connectivity index (χ0v) is 15.1. The summed E-state index contributed by atoms with van der Waals surface area (Å²) in [6, 6.07) is 11.5. The Bertz CT molecular complexity index is 984. The van der Waals surface area contributed by atoms with Crippen LogP contribution in [-0.4, -0.2) is 17.7 Å². The van der Waals surface area contributed by atoms with Crippen molar-refractivity contribution in [1.82, 2.24) is 4.98 Å². The maximum Gasteiger partial charge on any atom is 0.275 e. The Labute approximate surface area is 154 Å². The van der Waals surface area contributed by atoms with Gasteiger partial charge in [0.05, 0.1) is 0 Å². The number of thiazole rings is 1. The van der Waals surface area contributed by atoms with Crippen LogP contribution in [-0.2, 0) is 0 Å². The molecular formula is C19H17N3O3S. The van der Waals surface area contributed by atoms with Crippen molar-refractivity contribution in [2.45, 2.75) is 13.8 Å². The lowest BCUT2D eigenvalue weighted by molar-refractivity contribution is 0.102. The highest BCUT2D eigenvalue weighted by Crippen LogP contribution is 2.35. The molecule has 132 valence electrons. The molecule has 6 nitrogen and oxygen atoms in total. The number of amides is 1. The number of nitrogens with zero attached hydrogens (tertiary/aromatic N) is 1. The first-order valence-electron chi connectivity index (χ1n) is 8.09. The Hall–Kier alpha value is -3.06. The van der Waals surface area contributed by atoms with Gasteiger partial charge in [0.1, 0.15) is 5.69 Å². The molecule has 0 aliphatic carbocycles. The number of fused-ring (bicyclic) bond motifs is 1. The van der Waals surface area contributed by atoms with E-state index in [1.807, 2.05) is 50.2 Å². The molecule has 3 aromatic rings. The fourth-order valence-electron chi connectivity index (χ4n) is 2.59. The van der Waals surface area contributed by atoms with Crippen molar-refractivity contribution in [2.24, 2.45) is 0 Å². The number of hydrogen-bond acceptors (Lipinski definition) is 6. The molecule has 1 aromatic heterocycles. The van der Waals surface area contributed by atoms with E-state index < -0.39 is 0 Å². The van der Waals surface area contributed by atoms with Crippen molar-refractivity contribution in [3.05, 3.63) is 58.6 Å². The van der Waals surface area contributed by atoms with Crippen LogP contribution in [0.3, 0.4) is 0 Å². The molecule has 1 amide bonds. The third-order valence-electron chi connectivity index (χ3n) is 4.00. The normalized spacial score (nSPS) is 12.1. The van der Waals surface area contributed by atoms with Crippen LogP contribution in [0.5, 0.6) is 11.5 Å². The smallest absolute Gasteiger partial charge is 0.275 e. The van der Waals surface area contributed by atoms with E-state index in [0.717, 1.165) is 28.3 Å². The Kier molecular flexibility index (Phi) is 4.22. The summed E-state index contributed by atoms with van der Waals surface area (Å²) in [7, 11) is 0. The summed E-state index contributed by atoms with van der Waals surface area (Å²) in [5.74, 6) is 1.19. The predicted octanol–water partition coefficient (Wildman–Crippen LogP) is 4.48. The Morgan fingerprint density at radius 2 is 1.96 bits per heavy atom. The quantitative estimate of drug-likeness (QED) is 0.711. The molecule has 1 aliphatic rings. The van der Waals surface area contributed by atoms with Crippen molar-refractivity contribution in [1.29, 1.82) is 0 Å². The molecule has 26 heavy (non-hydrogen) atoms. The average Bonchev–Trinajstić information content (AvgIpc) is 3.27. The van der Waals surface area contributed by atoms with E-state index in [4.69, 9.17) is 9.47 Å². The molecule has 2 N–H and O–H groups in total. The van der Waals surface area contributed by atoms with Gasteiger partial charge in [0, 0.05) is 22.8 Å². The number of aryl methyl sites for hydroxylation is 2. The van der Waals surface area contributed by atoms with Crippen molar-refractivity contribution < 1.29 is 14.3 Å². The average molecular weight is 367 g/mol. The number of rotatable bonds is 4. The highest BCUT2D eigenvalue weighted by Gasteiger charge is 2.15. The van der Waals surface area contributed by atoms with Crippen LogP contribution in [0, 0.1) is 13.8 Å². The minimum Gasteiger partial charge on any atom is -0.454 e. The molecule has 0 saturated heterocycles. The molecule has 0 fully saturated rings. The van der Waals surface area contributed by atoms with Gasteiger partial charge in [-0.15, -0.1) is 11.3 Å². The number of anilines is 3. The third-order valence-corrected chi connectivity index (χ3v) is 4.76. The second-order valence-corrected chi connectivity index (χ2v) is 6.86. The number of nitrogens with one attached hydrogen (secondary N) is 2. The van der Waals surface area contributed by atoms with Crippen LogP contribution in [0.2, 0.25) is 0 Å². The van der Waals surface area contributed by atoms with E-state index in [1.165, 1.54) is 11.3 Å². The summed E-state index contributed by atoms with van der Waals surface area (Å²) < 4.78 is 10.7. The van der Waals surface area contributed by atoms with Crippen LogP contribution < -0.4 is 20.1 Å². The van der Waals surface area contributed by atoms with Gasteiger partial charge < -0.3 is 20.1 Å². The zero-order valence-electron chi connectivity index (χ0n) is 14.3. The van der Waals surface area contributed by atoms with Crippen molar-refractivity contribution in [3.63, 3.8) is 0 Å². The minimum atomic E-state index is -0.228. The van der Waals surface area contributed by atoms with Gasteiger partial charge in [0.15, 0.2) is 16.6 Å². The number of ether oxygens (including phenoxy) is 2. The predicted molar refractivity (Wildman–Crippen MR) is 102 cm³/mol. The largest absolute Gasteiger partial charge is 0.454 e. The Morgan fingerprint density at radius 1 is 1.12 bits per heavy atom. The highest BCUT2D eigenvalue weighted by molar-refractivity contribution is 7.14. The molecule has 2 heterocycles. The molecule has 0 bridgehead atoms. The standard InChI is InChI=1S/C19H17N3O3S/c1-11-3-4-12(2)14(7-11)21-18(23)15-9-26-19(22-15)20-13-5-6-16-17(8-13)25-10-24-16/h3-9H,10H2,1-2H3,(H,20,22)(H,21,23). The van der Waals surface area contributed by atoms with Crippen molar-refractivity contribution >= 4 is 33.8 Å². The molecule has 1 aliphatic heterocycles. The number of carbonyl (C=O) groups is 1. The van der Waals surface area contributed by atoms with Crippen molar-refractivity contribution in [2.75, 3.05) is 17.4 Å². The maximum atomic E-state index is 12.5. The van der Waals surface area contributed by atoms with E-state index in [1.54, 1.807) is 5.38 Å². The van der Waals surface area contributed by atoms with E-state index >= 15 is 0 Å². The van der Waals surface area contributed by atoms with E-state index in [9.17, 15) is 4.79 Å². The topological polar surface area (TPSA) is 72.5 Å². The summed E-state index contributed by atoms with van der Waals surface area (Å²) >= 11 is 1.37. The monoisotopic (exact) mass is 367 g/mol. The zero-order chi connectivity index (χ0) is 18.1.